The molecule has 18 heavy (non-hydrogen) atoms. The smallest absolute Gasteiger partial charge is 0.211 e. The van der Waals surface area contributed by atoms with Gasteiger partial charge in [-0.25, -0.2) is 13.1 Å². The van der Waals surface area contributed by atoms with Crippen LogP contribution in [-0.4, -0.2) is 19.8 Å². The highest BCUT2D eigenvalue weighted by molar-refractivity contribution is 9.09. The summed E-state index contributed by atoms with van der Waals surface area (Å²) in [5.74, 6) is 0. The van der Waals surface area contributed by atoms with Crippen molar-refractivity contribution in [2.24, 2.45) is 0 Å². The second kappa shape index (κ2) is 7.26. The van der Waals surface area contributed by atoms with Crippen LogP contribution in [0.4, 0.5) is 0 Å². The molecule has 0 aliphatic rings. The highest BCUT2D eigenvalue weighted by Gasteiger charge is 2.12. The molecule has 1 unspecified atom stereocenters. The Morgan fingerprint density at radius 3 is 2.44 bits per heavy atom. The van der Waals surface area contributed by atoms with Gasteiger partial charge in [0.2, 0.25) is 10.0 Å². The third-order valence-electron chi connectivity index (χ3n) is 2.76. The Morgan fingerprint density at radius 2 is 1.89 bits per heavy atom. The maximum atomic E-state index is 11.9. The van der Waals surface area contributed by atoms with Crippen molar-refractivity contribution < 1.29 is 8.42 Å². The summed E-state index contributed by atoms with van der Waals surface area (Å²) in [7, 11) is -3.35. The number of hydrogen-bond donors (Lipinski definition) is 1. The molecule has 0 spiro atoms. The molecular weight excluding hydrogens is 314 g/mol. The lowest BCUT2D eigenvalue weighted by Crippen LogP contribution is -2.25. The zero-order valence-electron chi connectivity index (χ0n) is 10.8. The standard InChI is InChI=1S/C13H20BrNO2S/c1-3-12(14)5-4-10-15-18(16,17)13-8-6-11(2)7-9-13/h6-9,12,15H,3-5,10H2,1-2H3. The van der Waals surface area contributed by atoms with Crippen molar-refractivity contribution in [3.8, 4) is 0 Å². The lowest BCUT2D eigenvalue weighted by atomic mass is 10.2. The molecule has 0 heterocycles. The van der Waals surface area contributed by atoms with Gasteiger partial charge < -0.3 is 0 Å². The molecule has 1 aromatic carbocycles. The summed E-state index contributed by atoms with van der Waals surface area (Å²) in [6, 6.07) is 6.88. The van der Waals surface area contributed by atoms with Gasteiger partial charge in [0.05, 0.1) is 4.90 Å². The van der Waals surface area contributed by atoms with Crippen LogP contribution in [0.2, 0.25) is 0 Å². The van der Waals surface area contributed by atoms with Crippen LogP contribution in [0.1, 0.15) is 31.7 Å². The van der Waals surface area contributed by atoms with Gasteiger partial charge in [-0.05, 0) is 38.3 Å². The Balaban J connectivity index is 2.48. The second-order valence-electron chi connectivity index (χ2n) is 4.36. The van der Waals surface area contributed by atoms with Gasteiger partial charge in [0.1, 0.15) is 0 Å². The van der Waals surface area contributed by atoms with Crippen LogP contribution in [-0.2, 0) is 10.0 Å². The zero-order valence-corrected chi connectivity index (χ0v) is 13.2. The van der Waals surface area contributed by atoms with Crippen molar-refractivity contribution in [3.05, 3.63) is 29.8 Å². The van der Waals surface area contributed by atoms with Crippen LogP contribution in [0, 0.1) is 6.92 Å². The Kier molecular flexibility index (Phi) is 6.32. The minimum atomic E-state index is -3.35. The Bertz CT molecular complexity index is 456. The average molecular weight is 334 g/mol. The average Bonchev–Trinajstić information content (AvgIpc) is 2.35. The van der Waals surface area contributed by atoms with Gasteiger partial charge >= 0.3 is 0 Å². The van der Waals surface area contributed by atoms with E-state index in [0.29, 0.717) is 16.3 Å². The molecule has 0 aliphatic heterocycles. The van der Waals surface area contributed by atoms with E-state index in [9.17, 15) is 8.42 Å². The number of benzene rings is 1. The molecular formula is C13H20BrNO2S. The molecule has 0 saturated carbocycles. The number of alkyl halides is 1. The van der Waals surface area contributed by atoms with E-state index in [2.05, 4.69) is 27.6 Å². The monoisotopic (exact) mass is 333 g/mol. The van der Waals surface area contributed by atoms with Gasteiger partial charge in [-0.1, -0.05) is 40.5 Å². The van der Waals surface area contributed by atoms with E-state index in [0.717, 1.165) is 24.8 Å². The fraction of sp³-hybridized carbons (Fsp3) is 0.538. The van der Waals surface area contributed by atoms with Gasteiger partial charge in [0, 0.05) is 11.4 Å². The summed E-state index contributed by atoms with van der Waals surface area (Å²) in [4.78, 5) is 0.806. The number of rotatable bonds is 7. The van der Waals surface area contributed by atoms with Crippen molar-refractivity contribution in [1.82, 2.24) is 4.72 Å². The Hall–Kier alpha value is -0.390. The molecule has 0 aliphatic carbocycles. The third-order valence-corrected chi connectivity index (χ3v) is 5.34. The fourth-order valence-electron chi connectivity index (χ4n) is 1.53. The first kappa shape index (κ1) is 15.7. The molecule has 102 valence electrons. The quantitative estimate of drug-likeness (QED) is 0.615. The zero-order chi connectivity index (χ0) is 13.6. The first-order valence-electron chi connectivity index (χ1n) is 6.16. The summed E-state index contributed by atoms with van der Waals surface area (Å²) in [5, 5.41) is 0. The predicted octanol–water partition coefficient (Wildman–Crippen LogP) is 3.23. The van der Waals surface area contributed by atoms with E-state index >= 15 is 0 Å². The van der Waals surface area contributed by atoms with Crippen LogP contribution in [0.3, 0.4) is 0 Å². The molecule has 0 saturated heterocycles. The van der Waals surface area contributed by atoms with Crippen molar-refractivity contribution >= 4 is 26.0 Å². The number of hydrogen-bond acceptors (Lipinski definition) is 2. The number of sulfonamides is 1. The lowest BCUT2D eigenvalue weighted by Gasteiger charge is -2.08. The van der Waals surface area contributed by atoms with Gasteiger partial charge in [0.25, 0.3) is 0 Å². The molecule has 0 bridgehead atoms. The van der Waals surface area contributed by atoms with Crippen molar-refractivity contribution in [1.29, 1.82) is 0 Å². The normalized spacial score (nSPS) is 13.5. The molecule has 1 N–H and O–H groups in total. The number of halogens is 1. The van der Waals surface area contributed by atoms with Crippen LogP contribution in [0.25, 0.3) is 0 Å². The number of aryl methyl sites for hydroxylation is 1. The van der Waals surface area contributed by atoms with E-state index in [1.807, 2.05) is 6.92 Å². The lowest BCUT2D eigenvalue weighted by molar-refractivity contribution is 0.575. The minimum absolute atomic E-state index is 0.332. The summed E-state index contributed by atoms with van der Waals surface area (Å²) in [6.07, 6.45) is 2.88. The van der Waals surface area contributed by atoms with Crippen LogP contribution in [0.15, 0.2) is 29.2 Å². The summed E-state index contributed by atoms with van der Waals surface area (Å²) >= 11 is 3.53. The molecule has 1 rings (SSSR count). The van der Waals surface area contributed by atoms with Crippen LogP contribution >= 0.6 is 15.9 Å². The van der Waals surface area contributed by atoms with E-state index in [4.69, 9.17) is 0 Å². The van der Waals surface area contributed by atoms with Crippen LogP contribution < -0.4 is 4.72 Å². The Labute approximate surface area is 118 Å². The molecule has 1 atom stereocenters. The summed E-state index contributed by atoms with van der Waals surface area (Å²) < 4.78 is 26.5. The first-order valence-corrected chi connectivity index (χ1v) is 8.56. The molecule has 0 radical (unpaired) electrons. The van der Waals surface area contributed by atoms with Crippen molar-refractivity contribution in [2.75, 3.05) is 6.54 Å². The highest BCUT2D eigenvalue weighted by Crippen LogP contribution is 2.12. The van der Waals surface area contributed by atoms with Crippen LogP contribution in [0.5, 0.6) is 0 Å². The van der Waals surface area contributed by atoms with Gasteiger partial charge in [0.15, 0.2) is 0 Å². The third kappa shape index (κ3) is 5.08. The fourth-order valence-corrected chi connectivity index (χ4v) is 2.93. The van der Waals surface area contributed by atoms with Gasteiger partial charge in [-0.2, -0.15) is 0 Å². The maximum Gasteiger partial charge on any atom is 0.240 e. The second-order valence-corrected chi connectivity index (χ2v) is 7.42. The predicted molar refractivity (Wildman–Crippen MR) is 78.6 cm³/mol. The van der Waals surface area contributed by atoms with E-state index in [1.54, 1.807) is 24.3 Å². The summed E-state index contributed by atoms with van der Waals surface area (Å²) in [6.45, 7) is 4.53. The molecule has 5 heteroatoms. The topological polar surface area (TPSA) is 46.2 Å². The molecule has 0 fully saturated rings. The molecule has 3 nitrogen and oxygen atoms in total. The number of nitrogens with one attached hydrogen (secondary N) is 1. The van der Waals surface area contributed by atoms with E-state index < -0.39 is 10.0 Å². The highest BCUT2D eigenvalue weighted by atomic mass is 79.9. The first-order chi connectivity index (χ1) is 8.45. The van der Waals surface area contributed by atoms with Gasteiger partial charge in [-0.3, -0.25) is 0 Å². The molecule has 1 aromatic rings. The molecule has 0 amide bonds. The van der Waals surface area contributed by atoms with E-state index in [-0.39, 0.29) is 0 Å². The maximum absolute atomic E-state index is 11.9. The van der Waals surface area contributed by atoms with E-state index in [1.165, 1.54) is 0 Å². The van der Waals surface area contributed by atoms with Crippen molar-refractivity contribution in [3.63, 3.8) is 0 Å². The largest absolute Gasteiger partial charge is 0.240 e. The SMILES string of the molecule is CCC(Br)CCCNS(=O)(=O)c1ccc(C)cc1. The van der Waals surface area contributed by atoms with Crippen molar-refractivity contribution in [2.45, 2.75) is 42.8 Å². The summed E-state index contributed by atoms with van der Waals surface area (Å²) in [5.41, 5.74) is 1.05. The molecule has 0 aromatic heterocycles. The van der Waals surface area contributed by atoms with Gasteiger partial charge in [-0.15, -0.1) is 0 Å². The minimum Gasteiger partial charge on any atom is -0.211 e. The Morgan fingerprint density at radius 1 is 1.28 bits per heavy atom.